The Bertz CT molecular complexity index is 1110. The predicted octanol–water partition coefficient (Wildman–Crippen LogP) is 4.23. The molecule has 2 heterocycles. The van der Waals surface area contributed by atoms with Gasteiger partial charge in [-0.3, -0.25) is 4.99 Å². The molecule has 0 fully saturated rings. The third-order valence-corrected chi connectivity index (χ3v) is 5.32. The summed E-state index contributed by atoms with van der Waals surface area (Å²) in [6, 6.07) is 16.8. The highest BCUT2D eigenvalue weighted by molar-refractivity contribution is 14.0. The molecule has 2 aromatic heterocycles. The number of hydrogen-bond acceptors (Lipinski definition) is 2. The molecule has 3 N–H and O–H groups in total. The molecule has 2 aromatic carbocycles. The Labute approximate surface area is 200 Å². The van der Waals surface area contributed by atoms with E-state index in [0.717, 1.165) is 37.6 Å². The number of fused-ring (bicyclic) bond motifs is 1. The van der Waals surface area contributed by atoms with E-state index in [1.807, 2.05) is 24.0 Å². The molecule has 0 atom stereocenters. The number of H-pyrrole nitrogens is 1. The first-order valence-corrected chi connectivity index (χ1v) is 10.3. The van der Waals surface area contributed by atoms with Crippen molar-refractivity contribution in [3.63, 3.8) is 0 Å². The van der Waals surface area contributed by atoms with Gasteiger partial charge >= 0.3 is 0 Å². The van der Waals surface area contributed by atoms with E-state index < -0.39 is 0 Å². The molecular formula is C24H29IN6. The summed E-state index contributed by atoms with van der Waals surface area (Å²) >= 11 is 0. The van der Waals surface area contributed by atoms with E-state index in [-0.39, 0.29) is 24.0 Å². The smallest absolute Gasteiger partial charge is 0.190 e. The van der Waals surface area contributed by atoms with Crippen LogP contribution in [0.4, 0.5) is 0 Å². The van der Waals surface area contributed by atoms with E-state index in [0.29, 0.717) is 0 Å². The fourth-order valence-electron chi connectivity index (χ4n) is 3.75. The second-order valence-electron chi connectivity index (χ2n) is 7.35. The van der Waals surface area contributed by atoms with Gasteiger partial charge in [0.2, 0.25) is 0 Å². The maximum absolute atomic E-state index is 4.34. The van der Waals surface area contributed by atoms with Crippen molar-refractivity contribution in [2.75, 3.05) is 20.1 Å². The molecule has 31 heavy (non-hydrogen) atoms. The van der Waals surface area contributed by atoms with Crippen LogP contribution in [0.15, 0.2) is 72.1 Å². The van der Waals surface area contributed by atoms with Crippen LogP contribution < -0.4 is 10.6 Å². The molecular weight excluding hydrogens is 499 g/mol. The van der Waals surface area contributed by atoms with E-state index in [1.54, 1.807) is 6.20 Å². The molecule has 0 spiro atoms. The first kappa shape index (κ1) is 22.9. The van der Waals surface area contributed by atoms with Crippen molar-refractivity contribution in [1.82, 2.24) is 25.4 Å². The summed E-state index contributed by atoms with van der Waals surface area (Å²) in [5, 5.41) is 12.4. The van der Waals surface area contributed by atoms with E-state index in [9.17, 15) is 0 Å². The van der Waals surface area contributed by atoms with Gasteiger partial charge in [0.15, 0.2) is 5.96 Å². The molecule has 0 saturated carbocycles. The first-order chi connectivity index (χ1) is 14.7. The number of aliphatic imine (C=N–C) groups is 1. The molecule has 0 amide bonds. The van der Waals surface area contributed by atoms with Crippen molar-refractivity contribution in [2.45, 2.75) is 19.8 Å². The van der Waals surface area contributed by atoms with Crippen LogP contribution in [0.3, 0.4) is 0 Å². The van der Waals surface area contributed by atoms with E-state index in [2.05, 4.69) is 81.3 Å². The fraction of sp³-hybridized carbons (Fsp3) is 0.250. The van der Waals surface area contributed by atoms with Crippen molar-refractivity contribution >= 4 is 40.8 Å². The van der Waals surface area contributed by atoms with Crippen molar-refractivity contribution < 1.29 is 0 Å². The van der Waals surface area contributed by atoms with Gasteiger partial charge in [0.25, 0.3) is 0 Å². The minimum Gasteiger partial charge on any atom is -0.361 e. The summed E-state index contributed by atoms with van der Waals surface area (Å²) in [5.41, 5.74) is 6.20. The van der Waals surface area contributed by atoms with Gasteiger partial charge in [0, 0.05) is 49.6 Å². The van der Waals surface area contributed by atoms with Crippen molar-refractivity contribution in [2.24, 2.45) is 4.99 Å². The zero-order valence-corrected chi connectivity index (χ0v) is 20.3. The first-order valence-electron chi connectivity index (χ1n) is 10.3. The number of guanidine groups is 1. The summed E-state index contributed by atoms with van der Waals surface area (Å²) in [6.07, 6.45) is 7.73. The Kier molecular flexibility index (Phi) is 8.11. The lowest BCUT2D eigenvalue weighted by Crippen LogP contribution is -2.39. The maximum atomic E-state index is 4.34. The van der Waals surface area contributed by atoms with Crippen LogP contribution in [0, 0.1) is 6.92 Å². The molecule has 6 nitrogen and oxygen atoms in total. The lowest BCUT2D eigenvalue weighted by Gasteiger charge is -2.12. The lowest BCUT2D eigenvalue weighted by atomic mass is 10.1. The van der Waals surface area contributed by atoms with Gasteiger partial charge < -0.3 is 15.6 Å². The Morgan fingerprint density at radius 2 is 1.81 bits per heavy atom. The summed E-state index contributed by atoms with van der Waals surface area (Å²) in [5.74, 6) is 0.833. The number of halogens is 1. The van der Waals surface area contributed by atoms with Gasteiger partial charge in [-0.25, -0.2) is 4.68 Å². The zero-order valence-electron chi connectivity index (χ0n) is 17.9. The van der Waals surface area contributed by atoms with Crippen LogP contribution in [-0.2, 0) is 12.8 Å². The van der Waals surface area contributed by atoms with Gasteiger partial charge in [0.05, 0.1) is 5.69 Å². The number of hydrogen-bond donors (Lipinski definition) is 3. The van der Waals surface area contributed by atoms with Gasteiger partial charge in [0.1, 0.15) is 0 Å². The third-order valence-electron chi connectivity index (χ3n) is 5.32. The lowest BCUT2D eigenvalue weighted by molar-refractivity contribution is 0.785. The van der Waals surface area contributed by atoms with Crippen LogP contribution in [0.5, 0.6) is 0 Å². The van der Waals surface area contributed by atoms with Crippen molar-refractivity contribution in [1.29, 1.82) is 0 Å². The number of aromatic nitrogens is 3. The molecule has 4 aromatic rings. The average Bonchev–Trinajstić information content (AvgIpc) is 3.44. The van der Waals surface area contributed by atoms with Crippen LogP contribution in [0.2, 0.25) is 0 Å². The van der Waals surface area contributed by atoms with Gasteiger partial charge in [-0.1, -0.05) is 24.3 Å². The molecule has 162 valence electrons. The highest BCUT2D eigenvalue weighted by Gasteiger charge is 2.06. The monoisotopic (exact) mass is 528 g/mol. The van der Waals surface area contributed by atoms with Gasteiger partial charge in [-0.2, -0.15) is 5.10 Å². The zero-order chi connectivity index (χ0) is 20.8. The summed E-state index contributed by atoms with van der Waals surface area (Å²) in [7, 11) is 1.81. The highest BCUT2D eigenvalue weighted by atomic mass is 127. The molecule has 0 bridgehead atoms. The molecule has 0 aliphatic carbocycles. The third kappa shape index (κ3) is 5.66. The number of nitrogens with one attached hydrogen (secondary N) is 3. The van der Waals surface area contributed by atoms with Gasteiger partial charge in [-0.15, -0.1) is 24.0 Å². The molecule has 0 radical (unpaired) electrons. The molecule has 4 rings (SSSR count). The van der Waals surface area contributed by atoms with Gasteiger partial charge in [-0.05, 0) is 60.7 Å². The topological polar surface area (TPSA) is 70.0 Å². The van der Waals surface area contributed by atoms with E-state index in [1.165, 1.54) is 27.6 Å². The number of nitrogens with zero attached hydrogens (tertiary/aromatic N) is 3. The average molecular weight is 528 g/mol. The minimum absolute atomic E-state index is 0. The van der Waals surface area contributed by atoms with E-state index in [4.69, 9.17) is 0 Å². The van der Waals surface area contributed by atoms with E-state index >= 15 is 0 Å². The van der Waals surface area contributed by atoms with Crippen LogP contribution in [0.25, 0.3) is 16.6 Å². The number of rotatable bonds is 7. The molecule has 7 heteroatoms. The predicted molar refractivity (Wildman–Crippen MR) is 139 cm³/mol. The number of aryl methyl sites for hydroxylation is 1. The van der Waals surface area contributed by atoms with Crippen LogP contribution >= 0.6 is 24.0 Å². The summed E-state index contributed by atoms with van der Waals surface area (Å²) in [6.45, 7) is 3.82. The normalized spacial score (nSPS) is 11.4. The largest absolute Gasteiger partial charge is 0.361 e. The molecule has 0 saturated heterocycles. The van der Waals surface area contributed by atoms with Crippen LogP contribution in [-0.4, -0.2) is 40.9 Å². The minimum atomic E-state index is 0. The standard InChI is InChI=1S/C24H28N6.HI/c1-18-5-3-6-22-23(18)20(17-28-22)12-15-27-24(25-2)26-14-11-19-7-9-21(10-8-19)30-16-4-13-29-30;/h3-10,13,16-17,28H,11-12,14-15H2,1-2H3,(H2,25,26,27);1H. The number of aromatic amines is 1. The number of benzene rings is 2. The second kappa shape index (κ2) is 11.0. The summed E-state index contributed by atoms with van der Waals surface area (Å²) in [4.78, 5) is 7.71. The highest BCUT2D eigenvalue weighted by Crippen LogP contribution is 2.22. The Morgan fingerprint density at radius 3 is 2.52 bits per heavy atom. The Morgan fingerprint density at radius 1 is 1.03 bits per heavy atom. The van der Waals surface area contributed by atoms with Crippen molar-refractivity contribution in [3.05, 3.63) is 83.8 Å². The maximum Gasteiger partial charge on any atom is 0.190 e. The van der Waals surface area contributed by atoms with Crippen LogP contribution in [0.1, 0.15) is 16.7 Å². The second-order valence-corrected chi connectivity index (χ2v) is 7.35. The van der Waals surface area contributed by atoms with Crippen molar-refractivity contribution in [3.8, 4) is 5.69 Å². The Balaban J connectivity index is 0.00000272. The molecule has 0 aliphatic rings. The Hall–Kier alpha value is -2.81. The molecule has 0 unspecified atom stereocenters. The SMILES string of the molecule is CN=C(NCCc1ccc(-n2cccn2)cc1)NCCc1c[nH]c2cccc(C)c12.I. The quantitative estimate of drug-likeness (QED) is 0.191. The molecule has 0 aliphatic heterocycles. The summed E-state index contributed by atoms with van der Waals surface area (Å²) < 4.78 is 1.86. The fourth-order valence-corrected chi connectivity index (χ4v) is 3.75.